The number of ketones is 1. The van der Waals surface area contributed by atoms with E-state index in [4.69, 9.17) is 4.74 Å². The molecule has 0 aliphatic heterocycles. The van der Waals surface area contributed by atoms with Gasteiger partial charge in [0.05, 0.1) is 12.5 Å². The first-order valence-corrected chi connectivity index (χ1v) is 10.0. The molecule has 142 valence electrons. The van der Waals surface area contributed by atoms with Crippen LogP contribution in [0.4, 0.5) is 0 Å². The summed E-state index contributed by atoms with van der Waals surface area (Å²) >= 11 is 0. The third kappa shape index (κ3) is 10.1. The van der Waals surface area contributed by atoms with Gasteiger partial charge >= 0.3 is 5.97 Å². The zero-order valence-electron chi connectivity index (χ0n) is 16.9. The third-order valence-corrected chi connectivity index (χ3v) is 4.39. The smallest absolute Gasteiger partial charge is 0.309 e. The van der Waals surface area contributed by atoms with Gasteiger partial charge in [-0.3, -0.25) is 9.59 Å². The molecule has 0 aliphatic rings. The lowest BCUT2D eigenvalue weighted by molar-refractivity contribution is -0.154. The van der Waals surface area contributed by atoms with Crippen LogP contribution in [0.1, 0.15) is 92.9 Å². The van der Waals surface area contributed by atoms with Crippen molar-refractivity contribution < 1.29 is 14.3 Å². The molecule has 24 heavy (non-hydrogen) atoms. The van der Waals surface area contributed by atoms with Gasteiger partial charge < -0.3 is 4.74 Å². The van der Waals surface area contributed by atoms with Gasteiger partial charge in [-0.15, -0.1) is 0 Å². The fourth-order valence-corrected chi connectivity index (χ4v) is 3.20. The molecule has 3 heteroatoms. The zero-order chi connectivity index (χ0) is 18.5. The van der Waals surface area contributed by atoms with E-state index in [0.717, 1.165) is 32.1 Å². The van der Waals surface area contributed by atoms with Crippen LogP contribution in [0.15, 0.2) is 0 Å². The van der Waals surface area contributed by atoms with Crippen LogP contribution >= 0.6 is 0 Å². The molecule has 3 nitrogen and oxygen atoms in total. The summed E-state index contributed by atoms with van der Waals surface area (Å²) in [7, 11) is 0. The molecule has 0 aromatic carbocycles. The summed E-state index contributed by atoms with van der Waals surface area (Å²) in [5.74, 6) is 0.401. The number of hydrogen-bond donors (Lipinski definition) is 0. The van der Waals surface area contributed by atoms with Crippen LogP contribution in [0.25, 0.3) is 0 Å². The number of Topliss-reactive ketones (excluding diaryl/α,β-unsaturated/α-hetero) is 1. The van der Waals surface area contributed by atoms with Gasteiger partial charge in [-0.25, -0.2) is 0 Å². The molecule has 0 heterocycles. The van der Waals surface area contributed by atoms with E-state index in [1.54, 1.807) is 0 Å². The van der Waals surface area contributed by atoms with Gasteiger partial charge in [0, 0.05) is 12.3 Å². The highest BCUT2D eigenvalue weighted by Crippen LogP contribution is 2.30. The van der Waals surface area contributed by atoms with E-state index < -0.39 is 0 Å². The van der Waals surface area contributed by atoms with Crippen LogP contribution < -0.4 is 0 Å². The van der Waals surface area contributed by atoms with Gasteiger partial charge in [-0.2, -0.15) is 0 Å². The average molecular weight is 341 g/mol. The molecule has 0 amide bonds. The van der Waals surface area contributed by atoms with Crippen LogP contribution in [0, 0.1) is 23.7 Å². The molecular formula is C21H40O3. The van der Waals surface area contributed by atoms with Crippen molar-refractivity contribution in [2.75, 3.05) is 6.61 Å². The fraction of sp³-hybridized carbons (Fsp3) is 0.905. The number of unbranched alkanes of at least 4 members (excludes halogenated alkanes) is 3. The Balaban J connectivity index is 4.93. The number of carbonyl (C=O) groups excluding carboxylic acids is 2. The van der Waals surface area contributed by atoms with Gasteiger partial charge in [0.15, 0.2) is 0 Å². The molecule has 2 atom stereocenters. The van der Waals surface area contributed by atoms with Crippen molar-refractivity contribution in [1.29, 1.82) is 0 Å². The minimum atomic E-state index is -0.280. The summed E-state index contributed by atoms with van der Waals surface area (Å²) in [5, 5.41) is 0. The maximum Gasteiger partial charge on any atom is 0.309 e. The van der Waals surface area contributed by atoms with Crippen molar-refractivity contribution in [3.63, 3.8) is 0 Å². The molecule has 0 saturated carbocycles. The molecule has 0 aromatic heterocycles. The third-order valence-electron chi connectivity index (χ3n) is 4.39. The van der Waals surface area contributed by atoms with Crippen molar-refractivity contribution in [3.05, 3.63) is 0 Å². The van der Waals surface area contributed by atoms with E-state index in [1.807, 2.05) is 6.92 Å². The Kier molecular flexibility index (Phi) is 13.0. The summed E-state index contributed by atoms with van der Waals surface area (Å²) in [5.41, 5.74) is 0. The largest absolute Gasteiger partial charge is 0.465 e. The number of rotatable bonds is 14. The number of hydrogen-bond acceptors (Lipinski definition) is 3. The number of ether oxygens (including phenoxy) is 1. The molecule has 0 rings (SSSR count). The van der Waals surface area contributed by atoms with E-state index >= 15 is 0 Å². The summed E-state index contributed by atoms with van der Waals surface area (Å²) in [6.07, 6.45) is 7.30. The standard InChI is InChI=1S/C21H40O3/c1-7-9-10-11-13-24-21(23)19(15-17(5)6)18(14-16(3)4)20(22)12-8-2/h16-19H,7-15H2,1-6H3. The molecular weight excluding hydrogens is 300 g/mol. The summed E-state index contributed by atoms with van der Waals surface area (Å²) in [6, 6.07) is 0. The van der Waals surface area contributed by atoms with Crippen molar-refractivity contribution in [1.82, 2.24) is 0 Å². The Morgan fingerprint density at radius 2 is 1.38 bits per heavy atom. The van der Waals surface area contributed by atoms with Crippen LogP contribution in [0.2, 0.25) is 0 Å². The van der Waals surface area contributed by atoms with E-state index in [-0.39, 0.29) is 23.6 Å². The van der Waals surface area contributed by atoms with Gasteiger partial charge in [0.25, 0.3) is 0 Å². The maximum absolute atomic E-state index is 12.7. The quantitative estimate of drug-likeness (QED) is 0.296. The molecule has 0 N–H and O–H groups in total. The molecule has 0 spiro atoms. The topological polar surface area (TPSA) is 43.4 Å². The van der Waals surface area contributed by atoms with Crippen molar-refractivity contribution in [2.45, 2.75) is 92.9 Å². The van der Waals surface area contributed by atoms with Gasteiger partial charge in [0.2, 0.25) is 0 Å². The first-order valence-electron chi connectivity index (χ1n) is 10.0. The SMILES string of the molecule is CCCCCCOC(=O)C(CC(C)C)C(CC(C)C)C(=O)CCC. The summed E-state index contributed by atoms with van der Waals surface area (Å²) in [6.45, 7) is 13.1. The van der Waals surface area contributed by atoms with Crippen molar-refractivity contribution in [2.24, 2.45) is 23.7 Å². The maximum atomic E-state index is 12.7. The van der Waals surface area contributed by atoms with Gasteiger partial charge in [-0.05, 0) is 37.5 Å². The monoisotopic (exact) mass is 340 g/mol. The molecule has 0 aromatic rings. The highest BCUT2D eigenvalue weighted by Gasteiger charge is 2.34. The average Bonchev–Trinajstić information content (AvgIpc) is 2.50. The minimum Gasteiger partial charge on any atom is -0.465 e. The Morgan fingerprint density at radius 3 is 1.88 bits per heavy atom. The molecule has 0 saturated heterocycles. The summed E-state index contributed by atoms with van der Waals surface area (Å²) in [4.78, 5) is 25.3. The van der Waals surface area contributed by atoms with E-state index in [9.17, 15) is 9.59 Å². The van der Waals surface area contributed by atoms with E-state index in [1.165, 1.54) is 12.8 Å². The number of carbonyl (C=O) groups is 2. The molecule has 0 radical (unpaired) electrons. The first-order chi connectivity index (χ1) is 11.3. The predicted octanol–water partition coefficient (Wildman–Crippen LogP) is 5.80. The summed E-state index contributed by atoms with van der Waals surface area (Å²) < 4.78 is 5.55. The second kappa shape index (κ2) is 13.4. The molecule has 0 aliphatic carbocycles. The normalized spacial score (nSPS) is 14.0. The molecule has 0 fully saturated rings. The van der Waals surface area contributed by atoms with Crippen LogP contribution in [0.5, 0.6) is 0 Å². The Labute approximate surface area is 149 Å². The van der Waals surface area contributed by atoms with Crippen LogP contribution in [-0.4, -0.2) is 18.4 Å². The lowest BCUT2D eigenvalue weighted by Crippen LogP contribution is -2.33. The lowest BCUT2D eigenvalue weighted by Gasteiger charge is -2.27. The molecule has 0 bridgehead atoms. The van der Waals surface area contributed by atoms with Crippen molar-refractivity contribution in [3.8, 4) is 0 Å². The number of esters is 1. The molecule has 2 unspecified atom stereocenters. The highest BCUT2D eigenvalue weighted by molar-refractivity contribution is 5.86. The zero-order valence-corrected chi connectivity index (χ0v) is 16.9. The minimum absolute atomic E-state index is 0.157. The fourth-order valence-electron chi connectivity index (χ4n) is 3.20. The lowest BCUT2D eigenvalue weighted by atomic mass is 9.77. The van der Waals surface area contributed by atoms with Gasteiger partial charge in [-0.1, -0.05) is 60.8 Å². The Bertz CT molecular complexity index is 347. The first kappa shape index (κ1) is 23.1. The van der Waals surface area contributed by atoms with E-state index in [2.05, 4.69) is 34.6 Å². The Morgan fingerprint density at radius 1 is 0.792 bits per heavy atom. The predicted molar refractivity (Wildman–Crippen MR) is 101 cm³/mol. The highest BCUT2D eigenvalue weighted by atomic mass is 16.5. The van der Waals surface area contributed by atoms with E-state index in [0.29, 0.717) is 24.9 Å². The Hall–Kier alpha value is -0.860. The van der Waals surface area contributed by atoms with Crippen molar-refractivity contribution >= 4 is 11.8 Å². The van der Waals surface area contributed by atoms with Gasteiger partial charge in [0.1, 0.15) is 5.78 Å². The van der Waals surface area contributed by atoms with Crippen LogP contribution in [0.3, 0.4) is 0 Å². The second-order valence-electron chi connectivity index (χ2n) is 7.92. The second-order valence-corrected chi connectivity index (χ2v) is 7.92. The van der Waals surface area contributed by atoms with Crippen LogP contribution in [-0.2, 0) is 14.3 Å².